The fourth-order valence-corrected chi connectivity index (χ4v) is 2.90. The predicted molar refractivity (Wildman–Crippen MR) is 92.3 cm³/mol. The van der Waals surface area contributed by atoms with Gasteiger partial charge in [-0.2, -0.15) is 0 Å². The number of carbonyl (C=O) groups is 2. The van der Waals surface area contributed by atoms with Crippen LogP contribution in [0.1, 0.15) is 20.3 Å². The van der Waals surface area contributed by atoms with Crippen LogP contribution in [0.4, 0.5) is 10.5 Å². The summed E-state index contributed by atoms with van der Waals surface area (Å²) in [4.78, 5) is 26.7. The summed E-state index contributed by atoms with van der Waals surface area (Å²) in [6, 6.07) is 6.54. The molecule has 124 valence electrons. The zero-order valence-electron chi connectivity index (χ0n) is 12.9. The van der Waals surface area contributed by atoms with Crippen LogP contribution >= 0.6 is 23.8 Å². The van der Waals surface area contributed by atoms with Crippen molar-refractivity contribution in [3.63, 3.8) is 0 Å². The highest BCUT2D eigenvalue weighted by Crippen LogP contribution is 2.19. The van der Waals surface area contributed by atoms with Crippen molar-refractivity contribution >= 4 is 46.6 Å². The van der Waals surface area contributed by atoms with Gasteiger partial charge in [-0.1, -0.05) is 24.6 Å². The largest absolute Gasteiger partial charge is 0.442 e. The van der Waals surface area contributed by atoms with E-state index in [2.05, 4.69) is 5.32 Å². The summed E-state index contributed by atoms with van der Waals surface area (Å²) < 4.78 is 5.24. The van der Waals surface area contributed by atoms with Gasteiger partial charge in [0.1, 0.15) is 0 Å². The van der Waals surface area contributed by atoms with E-state index in [1.54, 1.807) is 29.2 Å². The zero-order chi connectivity index (χ0) is 17.0. The average Bonchev–Trinajstić information content (AvgIpc) is 2.86. The Bertz CT molecular complexity index is 626. The van der Waals surface area contributed by atoms with Gasteiger partial charge < -0.3 is 15.0 Å². The second-order valence-corrected chi connectivity index (χ2v) is 5.84. The molecule has 23 heavy (non-hydrogen) atoms. The topological polar surface area (TPSA) is 61.9 Å². The van der Waals surface area contributed by atoms with Gasteiger partial charge in [-0.25, -0.2) is 4.79 Å². The highest BCUT2D eigenvalue weighted by Gasteiger charge is 2.34. The standard InChI is InChI=1S/C15H18ClN3O3S/c1-3-13(22-10(2)20)18-7-8-19(15(18)23)14(21)17-12-6-4-5-11(16)9-12/h4-6,9,13H,3,7-8H2,1-2H3,(H,17,21). The number of nitrogens with one attached hydrogen (secondary N) is 1. The minimum atomic E-state index is -0.455. The molecule has 1 aliphatic heterocycles. The van der Waals surface area contributed by atoms with Gasteiger partial charge in [-0.15, -0.1) is 0 Å². The van der Waals surface area contributed by atoms with Gasteiger partial charge in [0.25, 0.3) is 0 Å². The van der Waals surface area contributed by atoms with Crippen LogP contribution in [0.3, 0.4) is 0 Å². The van der Waals surface area contributed by atoms with Crippen molar-refractivity contribution in [1.82, 2.24) is 9.80 Å². The maximum atomic E-state index is 12.4. The highest BCUT2D eigenvalue weighted by molar-refractivity contribution is 7.80. The monoisotopic (exact) mass is 355 g/mol. The second-order valence-electron chi connectivity index (χ2n) is 5.04. The molecule has 2 rings (SSSR count). The van der Waals surface area contributed by atoms with E-state index in [9.17, 15) is 9.59 Å². The fraction of sp³-hybridized carbons (Fsp3) is 0.400. The first-order valence-corrected chi connectivity index (χ1v) is 8.03. The molecule has 1 aromatic carbocycles. The Morgan fingerprint density at radius 1 is 1.43 bits per heavy atom. The molecular weight excluding hydrogens is 338 g/mol. The summed E-state index contributed by atoms with van der Waals surface area (Å²) in [6.07, 6.45) is 0.132. The lowest BCUT2D eigenvalue weighted by Gasteiger charge is -2.28. The van der Waals surface area contributed by atoms with Crippen molar-refractivity contribution in [2.24, 2.45) is 0 Å². The van der Waals surface area contributed by atoms with Crippen molar-refractivity contribution < 1.29 is 14.3 Å². The van der Waals surface area contributed by atoms with E-state index in [1.807, 2.05) is 6.92 Å². The molecule has 1 atom stereocenters. The van der Waals surface area contributed by atoms with Crippen LogP contribution < -0.4 is 5.32 Å². The minimum Gasteiger partial charge on any atom is -0.442 e. The number of hydrogen-bond acceptors (Lipinski definition) is 4. The van der Waals surface area contributed by atoms with Crippen molar-refractivity contribution in [2.45, 2.75) is 26.5 Å². The van der Waals surface area contributed by atoms with Crippen LogP contribution in [0.5, 0.6) is 0 Å². The third-order valence-electron chi connectivity index (χ3n) is 3.36. The first-order valence-electron chi connectivity index (χ1n) is 7.24. The van der Waals surface area contributed by atoms with Crippen molar-refractivity contribution in [3.8, 4) is 0 Å². The quantitative estimate of drug-likeness (QED) is 0.664. The lowest BCUT2D eigenvalue weighted by molar-refractivity contribution is -0.152. The Hall–Kier alpha value is -1.86. The molecule has 1 N–H and O–H groups in total. The normalized spacial score (nSPS) is 15.5. The fourth-order valence-electron chi connectivity index (χ4n) is 2.33. The molecule has 1 aromatic rings. The number of anilines is 1. The SMILES string of the molecule is CCC(OC(C)=O)N1CCN(C(=O)Nc2cccc(Cl)c2)C1=S. The summed E-state index contributed by atoms with van der Waals surface area (Å²) in [5.74, 6) is -0.374. The number of carbonyl (C=O) groups excluding carboxylic acids is 2. The molecule has 0 radical (unpaired) electrons. The second kappa shape index (κ2) is 7.61. The molecule has 8 heteroatoms. The van der Waals surface area contributed by atoms with Gasteiger partial charge in [0.2, 0.25) is 0 Å². The molecule has 0 spiro atoms. The summed E-state index contributed by atoms with van der Waals surface area (Å²) in [5.41, 5.74) is 0.593. The maximum absolute atomic E-state index is 12.4. The van der Waals surface area contributed by atoms with Crippen LogP contribution in [0.2, 0.25) is 5.02 Å². The number of esters is 1. The molecule has 1 unspecified atom stereocenters. The van der Waals surface area contributed by atoms with Crippen molar-refractivity contribution in [2.75, 3.05) is 18.4 Å². The van der Waals surface area contributed by atoms with Gasteiger partial charge >= 0.3 is 12.0 Å². The Kier molecular flexibility index (Phi) is 5.79. The third kappa shape index (κ3) is 4.33. The third-order valence-corrected chi connectivity index (χ3v) is 4.05. The first kappa shape index (κ1) is 17.5. The summed E-state index contributed by atoms with van der Waals surface area (Å²) >= 11 is 11.3. The number of ether oxygens (including phenoxy) is 1. The number of benzene rings is 1. The van der Waals surface area contributed by atoms with Gasteiger partial charge in [0.05, 0.1) is 0 Å². The molecule has 2 amide bonds. The predicted octanol–water partition coefficient (Wildman–Crippen LogP) is 3.07. The van der Waals surface area contributed by atoms with E-state index >= 15 is 0 Å². The van der Waals surface area contributed by atoms with Crippen LogP contribution in [0, 0.1) is 0 Å². The molecule has 1 aliphatic rings. The molecule has 1 saturated heterocycles. The maximum Gasteiger partial charge on any atom is 0.328 e. The van der Waals surface area contributed by atoms with E-state index in [1.165, 1.54) is 11.8 Å². The van der Waals surface area contributed by atoms with E-state index in [0.717, 1.165) is 0 Å². The van der Waals surface area contributed by atoms with Gasteiger partial charge in [-0.3, -0.25) is 9.69 Å². The number of hydrogen-bond donors (Lipinski definition) is 1. The molecule has 6 nitrogen and oxygen atoms in total. The number of urea groups is 1. The Labute approximate surface area is 145 Å². The van der Waals surface area contributed by atoms with Gasteiger partial charge in [-0.05, 0) is 30.4 Å². The Balaban J connectivity index is 2.03. The van der Waals surface area contributed by atoms with Crippen LogP contribution in [-0.2, 0) is 9.53 Å². The molecule has 1 heterocycles. The van der Waals surface area contributed by atoms with E-state index in [4.69, 9.17) is 28.6 Å². The average molecular weight is 356 g/mol. The Morgan fingerprint density at radius 2 is 2.17 bits per heavy atom. The van der Waals surface area contributed by atoms with Crippen molar-refractivity contribution in [1.29, 1.82) is 0 Å². The molecule has 1 fully saturated rings. The molecule has 0 saturated carbocycles. The number of thiocarbonyl (C=S) groups is 1. The lowest BCUT2D eigenvalue weighted by atomic mass is 10.3. The number of amides is 2. The minimum absolute atomic E-state index is 0.336. The molecule has 0 bridgehead atoms. The molecule has 0 aliphatic carbocycles. The summed E-state index contributed by atoms with van der Waals surface area (Å²) in [7, 11) is 0. The van der Waals surface area contributed by atoms with Crippen molar-refractivity contribution in [3.05, 3.63) is 29.3 Å². The number of nitrogens with zero attached hydrogens (tertiary/aromatic N) is 2. The van der Waals surface area contributed by atoms with Crippen LogP contribution in [0.15, 0.2) is 24.3 Å². The van der Waals surface area contributed by atoms with Crippen LogP contribution in [-0.4, -0.2) is 46.2 Å². The molecular formula is C15H18ClN3O3S. The van der Waals surface area contributed by atoms with Crippen LogP contribution in [0.25, 0.3) is 0 Å². The number of rotatable bonds is 4. The highest BCUT2D eigenvalue weighted by atomic mass is 35.5. The summed E-state index contributed by atoms with van der Waals surface area (Å²) in [6.45, 7) is 4.20. The lowest BCUT2D eigenvalue weighted by Crippen LogP contribution is -2.43. The van der Waals surface area contributed by atoms with Gasteiger partial charge in [0, 0.05) is 37.1 Å². The van der Waals surface area contributed by atoms with E-state index < -0.39 is 6.23 Å². The smallest absolute Gasteiger partial charge is 0.328 e. The Morgan fingerprint density at radius 3 is 2.78 bits per heavy atom. The zero-order valence-corrected chi connectivity index (χ0v) is 14.5. The molecule has 0 aromatic heterocycles. The van der Waals surface area contributed by atoms with E-state index in [-0.39, 0.29) is 12.0 Å². The summed E-state index contributed by atoms with van der Waals surface area (Å²) in [5, 5.41) is 3.64. The van der Waals surface area contributed by atoms with E-state index in [0.29, 0.717) is 35.3 Å². The first-order chi connectivity index (χ1) is 10.9. The van der Waals surface area contributed by atoms with Gasteiger partial charge in [0.15, 0.2) is 11.3 Å². The number of halogens is 1.